The average Bonchev–Trinajstić information content (AvgIpc) is 2.61. The lowest BCUT2D eigenvalue weighted by atomic mass is 10.1. The van der Waals surface area contributed by atoms with Crippen molar-refractivity contribution < 1.29 is 13.2 Å². The molecule has 1 aromatic heterocycles. The summed E-state index contributed by atoms with van der Waals surface area (Å²) in [7, 11) is -0.451. The van der Waals surface area contributed by atoms with Gasteiger partial charge in [0.1, 0.15) is 10.6 Å². The molecule has 0 bridgehead atoms. The van der Waals surface area contributed by atoms with Crippen LogP contribution in [0.1, 0.15) is 30.9 Å². The minimum atomic E-state index is -3.83. The van der Waals surface area contributed by atoms with Gasteiger partial charge in [-0.2, -0.15) is 0 Å². The highest BCUT2D eigenvalue weighted by molar-refractivity contribution is 7.92. The summed E-state index contributed by atoms with van der Waals surface area (Å²) in [5, 5.41) is 8.09. The topological polar surface area (TPSA) is 84.4 Å². The Morgan fingerprint density at radius 3 is 2.42 bits per heavy atom. The lowest BCUT2D eigenvalue weighted by Gasteiger charge is -2.17. The highest BCUT2D eigenvalue weighted by Gasteiger charge is 2.21. The van der Waals surface area contributed by atoms with Crippen LogP contribution >= 0.6 is 0 Å². The summed E-state index contributed by atoms with van der Waals surface area (Å²) < 4.78 is 33.2. The maximum atomic E-state index is 12.7. The molecule has 0 amide bonds. The van der Waals surface area contributed by atoms with Crippen molar-refractivity contribution in [2.45, 2.75) is 38.5 Å². The average molecular weight is 378 g/mol. The van der Waals surface area contributed by atoms with Crippen LogP contribution in [0.25, 0.3) is 0 Å². The molecule has 0 spiro atoms. The van der Waals surface area contributed by atoms with Gasteiger partial charge in [0.25, 0.3) is 10.0 Å². The van der Waals surface area contributed by atoms with E-state index in [0.717, 1.165) is 30.5 Å². The van der Waals surface area contributed by atoms with Gasteiger partial charge in [0.05, 0.1) is 7.11 Å². The lowest BCUT2D eigenvalue weighted by molar-refractivity contribution is 0.402. The number of hydrogen-bond acceptors (Lipinski definition) is 6. The van der Waals surface area contributed by atoms with E-state index in [1.165, 1.54) is 7.11 Å². The number of nitrogens with one attached hydrogen (secondary N) is 1. The van der Waals surface area contributed by atoms with Crippen molar-refractivity contribution in [1.82, 2.24) is 10.2 Å². The Balaban J connectivity index is 2.23. The van der Waals surface area contributed by atoms with Gasteiger partial charge in [-0.3, -0.25) is 4.72 Å². The van der Waals surface area contributed by atoms with Crippen molar-refractivity contribution in [2.75, 3.05) is 30.3 Å². The number of aromatic nitrogens is 2. The molecule has 0 unspecified atom stereocenters. The fourth-order valence-corrected chi connectivity index (χ4v) is 3.65. The molecule has 0 atom stereocenters. The Kier molecular flexibility index (Phi) is 6.42. The molecule has 0 fully saturated rings. The molecule has 0 radical (unpaired) electrons. The zero-order valence-corrected chi connectivity index (χ0v) is 16.7. The van der Waals surface area contributed by atoms with Crippen LogP contribution in [0.15, 0.2) is 29.2 Å². The van der Waals surface area contributed by atoms with Gasteiger partial charge >= 0.3 is 0 Å². The molecule has 0 saturated heterocycles. The van der Waals surface area contributed by atoms with Gasteiger partial charge < -0.3 is 9.64 Å². The Morgan fingerprint density at radius 1 is 1.15 bits per heavy atom. The van der Waals surface area contributed by atoms with Crippen molar-refractivity contribution in [2.24, 2.45) is 0 Å². The minimum Gasteiger partial charge on any atom is -0.495 e. The number of sulfonamides is 1. The SMILES string of the molecule is CCCCN(C)c1ccc(NS(=O)(=O)c2cc(C)c(C)cc2OC)nn1. The molecule has 1 heterocycles. The number of anilines is 2. The zero-order chi connectivity index (χ0) is 19.3. The van der Waals surface area contributed by atoms with E-state index in [4.69, 9.17) is 4.74 Å². The van der Waals surface area contributed by atoms with Crippen LogP contribution in [0.2, 0.25) is 0 Å². The monoisotopic (exact) mass is 378 g/mol. The van der Waals surface area contributed by atoms with Crippen LogP contribution in [-0.4, -0.2) is 39.3 Å². The summed E-state index contributed by atoms with van der Waals surface area (Å²) in [6, 6.07) is 6.66. The smallest absolute Gasteiger partial charge is 0.266 e. The molecule has 0 aliphatic rings. The molecule has 142 valence electrons. The van der Waals surface area contributed by atoms with Crippen molar-refractivity contribution >= 4 is 21.7 Å². The molecule has 1 aromatic carbocycles. The van der Waals surface area contributed by atoms with Crippen LogP contribution in [0.3, 0.4) is 0 Å². The number of unbranched alkanes of at least 4 members (excludes halogenated alkanes) is 1. The minimum absolute atomic E-state index is 0.0778. The Bertz CT molecular complexity index is 851. The quantitative estimate of drug-likeness (QED) is 0.760. The number of methoxy groups -OCH3 is 1. The molecule has 0 aliphatic heterocycles. The third kappa shape index (κ3) is 4.63. The fourth-order valence-electron chi connectivity index (χ4n) is 2.42. The number of aryl methyl sites for hydroxylation is 2. The first-order valence-electron chi connectivity index (χ1n) is 8.51. The van der Waals surface area contributed by atoms with Crippen LogP contribution in [0, 0.1) is 13.8 Å². The predicted molar refractivity (Wildman–Crippen MR) is 103 cm³/mol. The van der Waals surface area contributed by atoms with E-state index < -0.39 is 10.0 Å². The van der Waals surface area contributed by atoms with E-state index in [9.17, 15) is 8.42 Å². The highest BCUT2D eigenvalue weighted by atomic mass is 32.2. The maximum absolute atomic E-state index is 12.7. The van der Waals surface area contributed by atoms with Crippen LogP contribution in [0.5, 0.6) is 5.75 Å². The Morgan fingerprint density at radius 2 is 1.85 bits per heavy atom. The molecule has 1 N–H and O–H groups in total. The first-order chi connectivity index (χ1) is 12.3. The third-order valence-electron chi connectivity index (χ3n) is 4.20. The standard InChI is InChI=1S/C18H26N4O3S/c1-6-7-10-22(4)18-9-8-17(19-20-18)21-26(23,24)16-12-14(3)13(2)11-15(16)25-5/h8-9,11-12H,6-7,10H2,1-5H3,(H,19,21). The van der Waals surface area contributed by atoms with E-state index >= 15 is 0 Å². The van der Waals surface area contributed by atoms with Crippen LogP contribution in [-0.2, 0) is 10.0 Å². The molecule has 0 saturated carbocycles. The summed E-state index contributed by atoms with van der Waals surface area (Å²) in [5.41, 5.74) is 1.82. The summed E-state index contributed by atoms with van der Waals surface area (Å²) >= 11 is 0. The predicted octanol–water partition coefficient (Wildman–Crippen LogP) is 3.14. The van der Waals surface area contributed by atoms with Crippen LogP contribution < -0.4 is 14.4 Å². The molecular weight excluding hydrogens is 352 g/mol. The first kappa shape index (κ1) is 20.0. The summed E-state index contributed by atoms with van der Waals surface area (Å²) in [4.78, 5) is 2.07. The molecule has 2 aromatic rings. The van der Waals surface area contributed by atoms with Gasteiger partial charge in [-0.25, -0.2) is 8.42 Å². The van der Waals surface area contributed by atoms with Crippen molar-refractivity contribution in [3.8, 4) is 5.75 Å². The normalized spacial score (nSPS) is 11.3. The van der Waals surface area contributed by atoms with Gasteiger partial charge in [-0.05, 0) is 55.7 Å². The molecule has 2 rings (SSSR count). The van der Waals surface area contributed by atoms with Gasteiger partial charge in [-0.15, -0.1) is 10.2 Å². The first-order valence-corrected chi connectivity index (χ1v) is 9.99. The van der Waals surface area contributed by atoms with E-state index in [2.05, 4.69) is 21.8 Å². The molecule has 7 nitrogen and oxygen atoms in total. The molecular formula is C18H26N4O3S. The Hall–Kier alpha value is -2.35. The zero-order valence-electron chi connectivity index (χ0n) is 15.9. The molecule has 0 aliphatic carbocycles. The summed E-state index contributed by atoms with van der Waals surface area (Å²) in [6.07, 6.45) is 2.15. The van der Waals surface area contributed by atoms with E-state index in [1.807, 2.05) is 25.8 Å². The van der Waals surface area contributed by atoms with Crippen molar-refractivity contribution in [1.29, 1.82) is 0 Å². The number of hydrogen-bond donors (Lipinski definition) is 1. The summed E-state index contributed by atoms with van der Waals surface area (Å²) in [6.45, 7) is 6.75. The van der Waals surface area contributed by atoms with Crippen molar-refractivity contribution in [3.05, 3.63) is 35.4 Å². The largest absolute Gasteiger partial charge is 0.495 e. The second-order valence-electron chi connectivity index (χ2n) is 6.24. The third-order valence-corrected chi connectivity index (χ3v) is 5.57. The lowest BCUT2D eigenvalue weighted by Crippen LogP contribution is -2.20. The van der Waals surface area contributed by atoms with Gasteiger partial charge in [0.15, 0.2) is 11.6 Å². The second kappa shape index (κ2) is 8.35. The number of rotatable bonds is 8. The van der Waals surface area contributed by atoms with Crippen LogP contribution in [0.4, 0.5) is 11.6 Å². The van der Waals surface area contributed by atoms with E-state index in [1.54, 1.807) is 24.3 Å². The van der Waals surface area contributed by atoms with E-state index in [0.29, 0.717) is 11.6 Å². The van der Waals surface area contributed by atoms with Gasteiger partial charge in [0.2, 0.25) is 0 Å². The number of ether oxygens (including phenoxy) is 1. The number of nitrogens with zero attached hydrogens (tertiary/aromatic N) is 3. The van der Waals surface area contributed by atoms with E-state index in [-0.39, 0.29) is 10.7 Å². The fraction of sp³-hybridized carbons (Fsp3) is 0.444. The molecule has 26 heavy (non-hydrogen) atoms. The Labute approximate surface area is 155 Å². The maximum Gasteiger partial charge on any atom is 0.266 e. The number of benzene rings is 1. The summed E-state index contributed by atoms with van der Waals surface area (Å²) in [5.74, 6) is 1.16. The van der Waals surface area contributed by atoms with Gasteiger partial charge in [-0.1, -0.05) is 13.3 Å². The molecule has 8 heteroatoms. The second-order valence-corrected chi connectivity index (χ2v) is 7.90. The van der Waals surface area contributed by atoms with Gasteiger partial charge in [0, 0.05) is 13.6 Å². The van der Waals surface area contributed by atoms with Crippen molar-refractivity contribution in [3.63, 3.8) is 0 Å². The highest BCUT2D eigenvalue weighted by Crippen LogP contribution is 2.28.